The fraction of sp³-hybridized carbons (Fsp3) is 1.00. The van der Waals surface area contributed by atoms with Crippen molar-refractivity contribution in [3.05, 3.63) is 0 Å². The molecule has 0 heteroatoms. The van der Waals surface area contributed by atoms with Gasteiger partial charge >= 0.3 is 0 Å². The van der Waals surface area contributed by atoms with Crippen LogP contribution >= 0.6 is 0 Å². The van der Waals surface area contributed by atoms with Crippen LogP contribution in [0.25, 0.3) is 0 Å². The maximum atomic E-state index is 2.63. The van der Waals surface area contributed by atoms with Gasteiger partial charge in [-0.15, -0.1) is 0 Å². The highest BCUT2D eigenvalue weighted by atomic mass is 14.6. The molecule has 1 fully saturated rings. The fourth-order valence-corrected chi connectivity index (χ4v) is 6.15. The van der Waals surface area contributed by atoms with Gasteiger partial charge < -0.3 is 0 Å². The van der Waals surface area contributed by atoms with Gasteiger partial charge in [-0.05, 0) is 59.7 Å². The Morgan fingerprint density at radius 2 is 1.57 bits per heavy atom. The first-order valence-corrected chi connectivity index (χ1v) is 9.70. The molecule has 1 aliphatic carbocycles. The van der Waals surface area contributed by atoms with E-state index in [0.29, 0.717) is 5.41 Å². The van der Waals surface area contributed by atoms with Crippen molar-refractivity contribution >= 4 is 0 Å². The van der Waals surface area contributed by atoms with Gasteiger partial charge in [-0.1, -0.05) is 75.2 Å². The third kappa shape index (κ3) is 3.67. The lowest BCUT2D eigenvalue weighted by atomic mass is 9.46. The van der Waals surface area contributed by atoms with Crippen LogP contribution in [0.4, 0.5) is 0 Å². The number of rotatable bonds is 6. The Kier molecular flexibility index (Phi) is 6.81. The van der Waals surface area contributed by atoms with E-state index >= 15 is 0 Å². The molecule has 0 aromatic rings. The standard InChI is InChI=1S/C21H42/c1-10-12-19-18(11-2)20(15(5)6)16(7)17(8)21(19,9)13-14(3)4/h14-20H,10-13H2,1-9H3. The van der Waals surface area contributed by atoms with Gasteiger partial charge in [0.05, 0.1) is 0 Å². The van der Waals surface area contributed by atoms with Crippen LogP contribution in [0.3, 0.4) is 0 Å². The highest BCUT2D eigenvalue weighted by Crippen LogP contribution is 2.59. The van der Waals surface area contributed by atoms with Crippen molar-refractivity contribution in [3.63, 3.8) is 0 Å². The molecule has 0 saturated heterocycles. The second-order valence-corrected chi connectivity index (χ2v) is 9.04. The highest BCUT2D eigenvalue weighted by molar-refractivity contribution is 5.01. The van der Waals surface area contributed by atoms with Crippen LogP contribution in [0.15, 0.2) is 0 Å². The number of hydrogen-bond acceptors (Lipinski definition) is 0. The minimum atomic E-state index is 0.537. The zero-order valence-electron chi connectivity index (χ0n) is 16.4. The predicted molar refractivity (Wildman–Crippen MR) is 96.4 cm³/mol. The zero-order valence-corrected chi connectivity index (χ0v) is 16.4. The molecule has 0 aromatic carbocycles. The van der Waals surface area contributed by atoms with Crippen molar-refractivity contribution < 1.29 is 0 Å². The molecule has 6 atom stereocenters. The van der Waals surface area contributed by atoms with E-state index in [0.717, 1.165) is 41.4 Å². The summed E-state index contributed by atoms with van der Waals surface area (Å²) in [4.78, 5) is 0. The summed E-state index contributed by atoms with van der Waals surface area (Å²) >= 11 is 0. The quantitative estimate of drug-likeness (QED) is 0.493. The summed E-state index contributed by atoms with van der Waals surface area (Å²) in [6.07, 6.45) is 5.56. The van der Waals surface area contributed by atoms with Gasteiger partial charge in [-0.2, -0.15) is 0 Å². The number of hydrogen-bond donors (Lipinski definition) is 0. The van der Waals surface area contributed by atoms with Crippen LogP contribution in [0.1, 0.15) is 88.0 Å². The Morgan fingerprint density at radius 3 is 1.95 bits per heavy atom. The van der Waals surface area contributed by atoms with Gasteiger partial charge in [0.25, 0.3) is 0 Å². The van der Waals surface area contributed by atoms with Crippen molar-refractivity contribution in [1.29, 1.82) is 0 Å². The first-order chi connectivity index (χ1) is 9.70. The molecule has 0 N–H and O–H groups in total. The van der Waals surface area contributed by atoms with Gasteiger partial charge in [-0.3, -0.25) is 0 Å². The molecule has 0 nitrogen and oxygen atoms in total. The van der Waals surface area contributed by atoms with Crippen molar-refractivity contribution in [1.82, 2.24) is 0 Å². The molecule has 0 heterocycles. The van der Waals surface area contributed by atoms with E-state index in [4.69, 9.17) is 0 Å². The molecule has 0 bridgehead atoms. The van der Waals surface area contributed by atoms with E-state index in [-0.39, 0.29) is 0 Å². The predicted octanol–water partition coefficient (Wildman–Crippen LogP) is 7.04. The van der Waals surface area contributed by atoms with Gasteiger partial charge in [0.1, 0.15) is 0 Å². The Hall–Kier alpha value is 0. The minimum absolute atomic E-state index is 0.537. The molecule has 0 aromatic heterocycles. The smallest absolute Gasteiger partial charge is 0.0264 e. The average Bonchev–Trinajstić information content (AvgIpc) is 2.38. The second kappa shape index (κ2) is 7.51. The Morgan fingerprint density at radius 1 is 1.00 bits per heavy atom. The van der Waals surface area contributed by atoms with E-state index < -0.39 is 0 Å². The summed E-state index contributed by atoms with van der Waals surface area (Å²) in [6, 6.07) is 0. The molecule has 6 unspecified atom stereocenters. The third-order valence-corrected chi connectivity index (χ3v) is 6.98. The monoisotopic (exact) mass is 294 g/mol. The molecule has 1 rings (SSSR count). The second-order valence-electron chi connectivity index (χ2n) is 9.04. The Labute approximate surface area is 135 Å². The van der Waals surface area contributed by atoms with Gasteiger partial charge in [0, 0.05) is 0 Å². The summed E-state index contributed by atoms with van der Waals surface area (Å²) in [5, 5.41) is 0. The molecule has 1 aliphatic rings. The normalized spacial score (nSPS) is 41.0. The molecular formula is C21H42. The molecule has 0 amide bonds. The fourth-order valence-electron chi connectivity index (χ4n) is 6.15. The maximum Gasteiger partial charge on any atom is -0.0264 e. The molecule has 0 radical (unpaired) electrons. The van der Waals surface area contributed by atoms with E-state index in [2.05, 4.69) is 62.3 Å². The summed E-state index contributed by atoms with van der Waals surface area (Å²) in [6.45, 7) is 22.3. The minimum Gasteiger partial charge on any atom is -0.0654 e. The van der Waals surface area contributed by atoms with E-state index in [1.165, 1.54) is 25.7 Å². The van der Waals surface area contributed by atoms with Gasteiger partial charge in [0.15, 0.2) is 0 Å². The van der Waals surface area contributed by atoms with Crippen molar-refractivity contribution in [2.75, 3.05) is 0 Å². The largest absolute Gasteiger partial charge is 0.0654 e. The Balaban J connectivity index is 3.23. The van der Waals surface area contributed by atoms with Gasteiger partial charge in [0.2, 0.25) is 0 Å². The average molecular weight is 295 g/mol. The van der Waals surface area contributed by atoms with Crippen molar-refractivity contribution in [2.24, 2.45) is 46.8 Å². The van der Waals surface area contributed by atoms with Gasteiger partial charge in [-0.25, -0.2) is 0 Å². The third-order valence-electron chi connectivity index (χ3n) is 6.98. The van der Waals surface area contributed by atoms with E-state index in [9.17, 15) is 0 Å². The van der Waals surface area contributed by atoms with Crippen LogP contribution in [0.2, 0.25) is 0 Å². The van der Waals surface area contributed by atoms with Crippen LogP contribution in [0.5, 0.6) is 0 Å². The first-order valence-electron chi connectivity index (χ1n) is 9.70. The molecule has 0 spiro atoms. The molecular weight excluding hydrogens is 252 g/mol. The SMILES string of the molecule is CCCC1C(CC)C(C(C)C)C(C)C(C)C1(C)CC(C)C. The first kappa shape index (κ1) is 19.0. The summed E-state index contributed by atoms with van der Waals surface area (Å²) < 4.78 is 0. The Bertz CT molecular complexity index is 303. The molecule has 0 aliphatic heterocycles. The molecule has 1 saturated carbocycles. The van der Waals surface area contributed by atoms with Crippen LogP contribution in [-0.4, -0.2) is 0 Å². The summed E-state index contributed by atoms with van der Waals surface area (Å²) in [5.74, 6) is 6.14. The maximum absolute atomic E-state index is 2.63. The van der Waals surface area contributed by atoms with Crippen molar-refractivity contribution in [3.8, 4) is 0 Å². The lowest BCUT2D eigenvalue weighted by Crippen LogP contribution is -2.52. The van der Waals surface area contributed by atoms with Crippen LogP contribution in [-0.2, 0) is 0 Å². The molecule has 21 heavy (non-hydrogen) atoms. The lowest BCUT2D eigenvalue weighted by molar-refractivity contribution is -0.101. The molecule has 126 valence electrons. The van der Waals surface area contributed by atoms with E-state index in [1.54, 1.807) is 0 Å². The summed E-state index contributed by atoms with van der Waals surface area (Å²) in [7, 11) is 0. The van der Waals surface area contributed by atoms with Crippen LogP contribution in [0, 0.1) is 46.8 Å². The van der Waals surface area contributed by atoms with Crippen LogP contribution < -0.4 is 0 Å². The van der Waals surface area contributed by atoms with E-state index in [1.807, 2.05) is 0 Å². The van der Waals surface area contributed by atoms with Crippen molar-refractivity contribution in [2.45, 2.75) is 88.0 Å². The lowest BCUT2D eigenvalue weighted by Gasteiger charge is -2.58. The topological polar surface area (TPSA) is 0 Å². The highest BCUT2D eigenvalue weighted by Gasteiger charge is 2.52. The zero-order chi connectivity index (χ0) is 16.4. The summed E-state index contributed by atoms with van der Waals surface area (Å²) in [5.41, 5.74) is 0.537.